The zero-order valence-electron chi connectivity index (χ0n) is 10.6. The number of carbonyl (C=O) groups is 2. The highest BCUT2D eigenvalue weighted by molar-refractivity contribution is 5.94. The Bertz CT molecular complexity index is 612. The highest BCUT2D eigenvalue weighted by Gasteiger charge is 2.02. The van der Waals surface area contributed by atoms with Crippen LogP contribution in [0, 0.1) is 0 Å². The van der Waals surface area contributed by atoms with E-state index in [9.17, 15) is 14.7 Å². The van der Waals surface area contributed by atoms with Crippen molar-refractivity contribution in [1.29, 1.82) is 0 Å². The molecule has 0 aliphatic heterocycles. The molecule has 2 aromatic rings. The number of carboxylic acids is 1. The van der Waals surface area contributed by atoms with Gasteiger partial charge in [0, 0.05) is 18.0 Å². The minimum absolute atomic E-state index is 0.0252. The van der Waals surface area contributed by atoms with Crippen LogP contribution in [-0.2, 0) is 11.2 Å². The number of aliphatic carboxylic acids is 1. The summed E-state index contributed by atoms with van der Waals surface area (Å²) in [7, 11) is 0. The normalized spacial score (nSPS) is 10.2. The first-order chi connectivity index (χ1) is 9.06. The maximum absolute atomic E-state index is 11.2. The van der Waals surface area contributed by atoms with Crippen molar-refractivity contribution >= 4 is 11.8 Å². The molecule has 0 amide bonds. The summed E-state index contributed by atoms with van der Waals surface area (Å²) in [5.41, 5.74) is 3.24. The van der Waals surface area contributed by atoms with Crippen molar-refractivity contribution in [3.63, 3.8) is 0 Å². The molecule has 0 saturated carbocycles. The van der Waals surface area contributed by atoms with Gasteiger partial charge >= 0.3 is 0 Å². The van der Waals surface area contributed by atoms with Crippen molar-refractivity contribution in [3.8, 4) is 11.1 Å². The van der Waals surface area contributed by atoms with Gasteiger partial charge in [-0.25, -0.2) is 0 Å². The van der Waals surface area contributed by atoms with Crippen LogP contribution in [0.2, 0.25) is 0 Å². The molecule has 0 fully saturated rings. The van der Waals surface area contributed by atoms with E-state index in [1.807, 2.05) is 30.3 Å². The molecule has 0 radical (unpaired) electrons. The monoisotopic (exact) mass is 253 g/mol. The third-order valence-corrected chi connectivity index (χ3v) is 2.90. The predicted octanol–water partition coefficient (Wildman–Crippen LogP) is 1.85. The average molecular weight is 253 g/mol. The smallest absolute Gasteiger partial charge is 0.159 e. The summed E-state index contributed by atoms with van der Waals surface area (Å²) in [6.45, 7) is 1.52. The fourth-order valence-electron chi connectivity index (χ4n) is 1.92. The average Bonchev–Trinajstić information content (AvgIpc) is 2.38. The summed E-state index contributed by atoms with van der Waals surface area (Å²) < 4.78 is 0. The fourth-order valence-corrected chi connectivity index (χ4v) is 1.92. The number of rotatable bonds is 4. The van der Waals surface area contributed by atoms with Crippen LogP contribution in [0.15, 0.2) is 48.5 Å². The molecule has 0 heterocycles. The first-order valence-corrected chi connectivity index (χ1v) is 5.96. The maximum Gasteiger partial charge on any atom is 0.159 e. The SMILES string of the molecule is CC(=O)c1ccc(-c2cccc(CC(=O)[O-])c2)cc1. The van der Waals surface area contributed by atoms with E-state index in [4.69, 9.17) is 0 Å². The Morgan fingerprint density at radius 1 is 1.00 bits per heavy atom. The Kier molecular flexibility index (Phi) is 3.76. The van der Waals surface area contributed by atoms with E-state index in [2.05, 4.69) is 0 Å². The maximum atomic E-state index is 11.2. The Balaban J connectivity index is 2.30. The predicted molar refractivity (Wildman–Crippen MR) is 70.6 cm³/mol. The lowest BCUT2D eigenvalue weighted by atomic mass is 10.00. The molecular formula is C16H13O3-. The van der Waals surface area contributed by atoms with Gasteiger partial charge in [-0.15, -0.1) is 0 Å². The van der Waals surface area contributed by atoms with Gasteiger partial charge in [0.2, 0.25) is 0 Å². The van der Waals surface area contributed by atoms with Crippen molar-refractivity contribution in [2.45, 2.75) is 13.3 Å². The zero-order chi connectivity index (χ0) is 13.8. The molecule has 0 spiro atoms. The molecular weight excluding hydrogens is 240 g/mol. The second-order valence-corrected chi connectivity index (χ2v) is 4.38. The molecule has 96 valence electrons. The molecule has 0 aliphatic carbocycles. The summed E-state index contributed by atoms with van der Waals surface area (Å²) in [6.07, 6.45) is -0.0978. The van der Waals surface area contributed by atoms with Crippen molar-refractivity contribution in [1.82, 2.24) is 0 Å². The molecule has 19 heavy (non-hydrogen) atoms. The van der Waals surface area contributed by atoms with Crippen LogP contribution < -0.4 is 5.11 Å². The largest absolute Gasteiger partial charge is 0.550 e. The summed E-state index contributed by atoms with van der Waals surface area (Å²) in [5, 5.41) is 10.6. The van der Waals surface area contributed by atoms with Crippen molar-refractivity contribution < 1.29 is 14.7 Å². The fraction of sp³-hybridized carbons (Fsp3) is 0.125. The molecule has 0 aromatic heterocycles. The van der Waals surface area contributed by atoms with E-state index >= 15 is 0 Å². The first kappa shape index (κ1) is 13.0. The molecule has 0 aliphatic rings. The minimum atomic E-state index is -1.09. The molecule has 0 bridgehead atoms. The van der Waals surface area contributed by atoms with Crippen LogP contribution in [-0.4, -0.2) is 11.8 Å². The first-order valence-electron chi connectivity index (χ1n) is 5.96. The van der Waals surface area contributed by atoms with Crippen LogP contribution in [0.4, 0.5) is 0 Å². The van der Waals surface area contributed by atoms with Gasteiger partial charge in [-0.3, -0.25) is 4.79 Å². The second-order valence-electron chi connectivity index (χ2n) is 4.38. The zero-order valence-corrected chi connectivity index (χ0v) is 10.6. The second kappa shape index (κ2) is 5.48. The van der Waals surface area contributed by atoms with Crippen molar-refractivity contribution in [2.24, 2.45) is 0 Å². The lowest BCUT2D eigenvalue weighted by Gasteiger charge is -2.07. The highest BCUT2D eigenvalue weighted by Crippen LogP contribution is 2.21. The molecule has 3 nitrogen and oxygen atoms in total. The number of hydrogen-bond acceptors (Lipinski definition) is 3. The van der Waals surface area contributed by atoms with Gasteiger partial charge in [-0.1, -0.05) is 48.5 Å². The summed E-state index contributed by atoms with van der Waals surface area (Å²) in [6, 6.07) is 14.5. The van der Waals surface area contributed by atoms with Crippen molar-refractivity contribution in [3.05, 3.63) is 59.7 Å². The molecule has 0 N–H and O–H groups in total. The van der Waals surface area contributed by atoms with Crippen molar-refractivity contribution in [2.75, 3.05) is 0 Å². The van der Waals surface area contributed by atoms with Crippen LogP contribution in [0.1, 0.15) is 22.8 Å². The Morgan fingerprint density at radius 3 is 2.26 bits per heavy atom. The van der Waals surface area contributed by atoms with Gasteiger partial charge in [0.05, 0.1) is 0 Å². The number of hydrogen-bond donors (Lipinski definition) is 0. The Morgan fingerprint density at radius 2 is 1.68 bits per heavy atom. The summed E-state index contributed by atoms with van der Waals surface area (Å²) in [5.74, 6) is -1.07. The van der Waals surface area contributed by atoms with E-state index in [0.717, 1.165) is 11.1 Å². The third-order valence-electron chi connectivity index (χ3n) is 2.90. The lowest BCUT2D eigenvalue weighted by Crippen LogP contribution is -2.24. The molecule has 2 aromatic carbocycles. The molecule has 2 rings (SSSR count). The molecule has 3 heteroatoms. The molecule has 0 saturated heterocycles. The minimum Gasteiger partial charge on any atom is -0.550 e. The number of ketones is 1. The van der Waals surface area contributed by atoms with Crippen LogP contribution in [0.5, 0.6) is 0 Å². The quantitative estimate of drug-likeness (QED) is 0.781. The van der Waals surface area contributed by atoms with Crippen LogP contribution >= 0.6 is 0 Å². The van der Waals surface area contributed by atoms with E-state index in [-0.39, 0.29) is 12.2 Å². The standard InChI is InChI=1S/C16H14O3/c1-11(17)13-5-7-14(8-6-13)15-4-2-3-12(9-15)10-16(18)19/h2-9H,10H2,1H3,(H,18,19)/p-1. The summed E-state index contributed by atoms with van der Waals surface area (Å²) in [4.78, 5) is 21.8. The van der Waals surface area contributed by atoms with Gasteiger partial charge in [-0.2, -0.15) is 0 Å². The molecule has 0 unspecified atom stereocenters. The van der Waals surface area contributed by atoms with E-state index in [1.165, 1.54) is 6.92 Å². The number of carbonyl (C=O) groups excluding carboxylic acids is 2. The Hall–Kier alpha value is -2.42. The molecule has 0 atom stereocenters. The van der Waals surface area contributed by atoms with Gasteiger partial charge in [-0.05, 0) is 23.6 Å². The number of Topliss-reactive ketones (excluding diaryl/α,β-unsaturated/α-hetero) is 1. The van der Waals surface area contributed by atoms with Gasteiger partial charge in [0.1, 0.15) is 0 Å². The summed E-state index contributed by atoms with van der Waals surface area (Å²) >= 11 is 0. The Labute approximate surface area is 111 Å². The van der Waals surface area contributed by atoms with Gasteiger partial charge in [0.25, 0.3) is 0 Å². The highest BCUT2D eigenvalue weighted by atomic mass is 16.4. The van der Waals surface area contributed by atoms with Gasteiger partial charge < -0.3 is 9.90 Å². The van der Waals surface area contributed by atoms with Gasteiger partial charge in [0.15, 0.2) is 5.78 Å². The number of benzene rings is 2. The van der Waals surface area contributed by atoms with Crippen LogP contribution in [0.3, 0.4) is 0 Å². The van der Waals surface area contributed by atoms with E-state index < -0.39 is 5.97 Å². The van der Waals surface area contributed by atoms with E-state index in [1.54, 1.807) is 18.2 Å². The van der Waals surface area contributed by atoms with E-state index in [0.29, 0.717) is 11.1 Å². The third kappa shape index (κ3) is 3.28. The topological polar surface area (TPSA) is 57.2 Å². The lowest BCUT2D eigenvalue weighted by molar-refractivity contribution is -0.304. The number of carboxylic acid groups (broad SMARTS) is 1. The van der Waals surface area contributed by atoms with Crippen LogP contribution in [0.25, 0.3) is 11.1 Å².